The first-order valence-corrected chi connectivity index (χ1v) is 17.0. The van der Waals surface area contributed by atoms with Crippen LogP contribution in [-0.2, 0) is 30.4 Å². The lowest BCUT2D eigenvalue weighted by molar-refractivity contribution is -0.135. The van der Waals surface area contributed by atoms with Gasteiger partial charge in [-0.3, -0.25) is 24.0 Å². The molecule has 0 fully saturated rings. The SMILES string of the molecule is CC[C@H](C)[C@H](NC(=O)[C@H](Cc1nc2ccc(C(C)C)cc2s1)NC(C)=O)C(=O)N[C@@H](CCCCN)C(=O)N[C@@H](CC(C)C)C(N)=O. The van der Waals surface area contributed by atoms with E-state index in [1.807, 2.05) is 39.8 Å². The number of hydrogen-bond acceptors (Lipinski definition) is 8. The summed E-state index contributed by atoms with van der Waals surface area (Å²) in [6.45, 7) is 13.5. The van der Waals surface area contributed by atoms with Gasteiger partial charge in [-0.25, -0.2) is 4.98 Å². The molecule has 0 bridgehead atoms. The maximum absolute atomic E-state index is 13.7. The second kappa shape index (κ2) is 18.5. The Labute approximate surface area is 276 Å². The summed E-state index contributed by atoms with van der Waals surface area (Å²) >= 11 is 1.46. The number of primary amides is 1. The summed E-state index contributed by atoms with van der Waals surface area (Å²) < 4.78 is 0.992. The largest absolute Gasteiger partial charge is 0.368 e. The first-order chi connectivity index (χ1) is 21.7. The Hall–Kier alpha value is -3.58. The highest BCUT2D eigenvalue weighted by atomic mass is 32.1. The zero-order valence-electron chi connectivity index (χ0n) is 28.3. The first-order valence-electron chi connectivity index (χ1n) is 16.2. The minimum Gasteiger partial charge on any atom is -0.368 e. The van der Waals surface area contributed by atoms with Crippen LogP contribution < -0.4 is 32.7 Å². The Morgan fingerprint density at radius 1 is 0.870 bits per heavy atom. The Kier molecular flexibility index (Phi) is 15.6. The zero-order chi connectivity index (χ0) is 34.6. The van der Waals surface area contributed by atoms with E-state index in [1.165, 1.54) is 23.8 Å². The summed E-state index contributed by atoms with van der Waals surface area (Å²) in [6.07, 6.45) is 2.54. The molecule has 12 nitrogen and oxygen atoms in total. The number of aromatic nitrogens is 1. The van der Waals surface area contributed by atoms with Crippen molar-refractivity contribution < 1.29 is 24.0 Å². The number of nitrogens with one attached hydrogen (secondary N) is 4. The van der Waals surface area contributed by atoms with Crippen LogP contribution in [-0.4, -0.2) is 65.2 Å². The number of nitrogens with zero attached hydrogens (tertiary/aromatic N) is 1. The van der Waals surface area contributed by atoms with Crippen LogP contribution in [0.2, 0.25) is 0 Å². The lowest BCUT2D eigenvalue weighted by atomic mass is 9.96. The molecule has 5 amide bonds. The van der Waals surface area contributed by atoms with Crippen LogP contribution >= 0.6 is 11.3 Å². The van der Waals surface area contributed by atoms with Crippen LogP contribution in [0.15, 0.2) is 18.2 Å². The Balaban J connectivity index is 2.28. The molecule has 13 heteroatoms. The molecule has 0 aliphatic rings. The molecule has 46 heavy (non-hydrogen) atoms. The molecular formula is C33H53N7O5S. The van der Waals surface area contributed by atoms with Gasteiger partial charge in [-0.05, 0) is 67.7 Å². The van der Waals surface area contributed by atoms with Gasteiger partial charge in [0, 0.05) is 13.3 Å². The average Bonchev–Trinajstić information content (AvgIpc) is 3.39. The van der Waals surface area contributed by atoms with Gasteiger partial charge in [0.2, 0.25) is 29.5 Å². The molecule has 1 aromatic carbocycles. The van der Waals surface area contributed by atoms with E-state index >= 15 is 0 Å². The Bertz CT molecular complexity index is 1340. The molecule has 0 saturated heterocycles. The van der Waals surface area contributed by atoms with Crippen molar-refractivity contribution >= 4 is 51.1 Å². The number of unbranched alkanes of at least 4 members (excludes halogenated alkanes) is 1. The van der Waals surface area contributed by atoms with Crippen molar-refractivity contribution in [3.63, 3.8) is 0 Å². The van der Waals surface area contributed by atoms with E-state index in [0.717, 1.165) is 10.2 Å². The summed E-state index contributed by atoms with van der Waals surface area (Å²) in [5.74, 6) is -2.50. The van der Waals surface area contributed by atoms with Gasteiger partial charge in [-0.1, -0.05) is 54.0 Å². The van der Waals surface area contributed by atoms with Crippen LogP contribution in [0.25, 0.3) is 10.2 Å². The van der Waals surface area contributed by atoms with Gasteiger partial charge in [0.15, 0.2) is 0 Å². The van der Waals surface area contributed by atoms with Crippen molar-refractivity contribution in [3.8, 4) is 0 Å². The van der Waals surface area contributed by atoms with Gasteiger partial charge in [0.1, 0.15) is 24.2 Å². The summed E-state index contributed by atoms with van der Waals surface area (Å²) in [5, 5.41) is 11.7. The third-order valence-corrected chi connectivity index (χ3v) is 8.98. The molecule has 0 aliphatic carbocycles. The van der Waals surface area contributed by atoms with E-state index < -0.39 is 53.7 Å². The van der Waals surface area contributed by atoms with Gasteiger partial charge < -0.3 is 32.7 Å². The number of nitrogens with two attached hydrogens (primary N) is 2. The van der Waals surface area contributed by atoms with Gasteiger partial charge in [0.25, 0.3) is 0 Å². The summed E-state index contributed by atoms with van der Waals surface area (Å²) in [4.78, 5) is 69.5. The monoisotopic (exact) mass is 659 g/mol. The molecule has 0 aliphatic heterocycles. The molecular weight excluding hydrogens is 606 g/mol. The van der Waals surface area contributed by atoms with Crippen molar-refractivity contribution in [2.45, 2.75) is 117 Å². The van der Waals surface area contributed by atoms with E-state index in [4.69, 9.17) is 11.5 Å². The van der Waals surface area contributed by atoms with Crippen LogP contribution in [0.5, 0.6) is 0 Å². The van der Waals surface area contributed by atoms with Crippen LogP contribution in [0.4, 0.5) is 0 Å². The molecule has 0 unspecified atom stereocenters. The fourth-order valence-corrected chi connectivity index (χ4v) is 6.09. The second-order valence-corrected chi connectivity index (χ2v) is 13.9. The number of carbonyl (C=O) groups is 5. The number of amides is 5. The van der Waals surface area contributed by atoms with E-state index in [0.29, 0.717) is 43.2 Å². The minimum atomic E-state index is -0.995. The average molecular weight is 660 g/mol. The quantitative estimate of drug-likeness (QED) is 0.125. The molecule has 256 valence electrons. The minimum absolute atomic E-state index is 0.102. The summed E-state index contributed by atoms with van der Waals surface area (Å²) in [6, 6.07) is 2.25. The predicted molar refractivity (Wildman–Crippen MR) is 182 cm³/mol. The predicted octanol–water partition coefficient (Wildman–Crippen LogP) is 2.63. The zero-order valence-corrected chi connectivity index (χ0v) is 29.1. The van der Waals surface area contributed by atoms with Crippen LogP contribution in [0, 0.1) is 11.8 Å². The first kappa shape index (κ1) is 38.6. The standard InChI is InChI=1S/C33H53N7O5S/c1-8-20(6)29(33(45)38-24(11-9-10-14-34)31(43)39-25(30(35)42)15-18(2)3)40-32(44)26(36-21(7)41)17-28-37-23-13-12-22(19(4)5)16-27(23)46-28/h12-13,16,18-20,24-26,29H,8-11,14-15,17,34H2,1-7H3,(H2,35,42)(H,36,41)(H,38,45)(H,39,43)(H,40,44)/t20-,24-,25-,26-,29-/m0/s1. The molecule has 5 atom stereocenters. The molecule has 8 N–H and O–H groups in total. The van der Waals surface area contributed by atoms with Crippen molar-refractivity contribution in [3.05, 3.63) is 28.8 Å². The van der Waals surface area contributed by atoms with Crippen molar-refractivity contribution in [1.82, 2.24) is 26.3 Å². The maximum atomic E-state index is 13.7. The normalized spacial score (nSPS) is 14.7. The van der Waals surface area contributed by atoms with Crippen LogP contribution in [0.1, 0.15) is 97.1 Å². The van der Waals surface area contributed by atoms with E-state index in [2.05, 4.69) is 46.2 Å². The third-order valence-electron chi connectivity index (χ3n) is 7.94. The second-order valence-electron chi connectivity index (χ2n) is 12.8. The Morgan fingerprint density at radius 3 is 2.09 bits per heavy atom. The highest BCUT2D eigenvalue weighted by Gasteiger charge is 2.33. The molecule has 0 spiro atoms. The van der Waals surface area contributed by atoms with Crippen molar-refractivity contribution in [2.75, 3.05) is 6.54 Å². The topological polar surface area (TPSA) is 198 Å². The van der Waals surface area contributed by atoms with E-state index in [1.54, 1.807) is 0 Å². The maximum Gasteiger partial charge on any atom is 0.243 e. The molecule has 1 heterocycles. The number of hydrogen-bond donors (Lipinski definition) is 6. The third kappa shape index (κ3) is 12.0. The van der Waals surface area contributed by atoms with Gasteiger partial charge in [-0.2, -0.15) is 0 Å². The van der Waals surface area contributed by atoms with Gasteiger partial charge in [0.05, 0.1) is 15.2 Å². The van der Waals surface area contributed by atoms with Crippen LogP contribution in [0.3, 0.4) is 0 Å². The summed E-state index contributed by atoms with van der Waals surface area (Å²) in [7, 11) is 0. The number of benzene rings is 1. The lowest BCUT2D eigenvalue weighted by Crippen LogP contribution is -2.59. The van der Waals surface area contributed by atoms with Gasteiger partial charge >= 0.3 is 0 Å². The van der Waals surface area contributed by atoms with E-state index in [9.17, 15) is 24.0 Å². The van der Waals surface area contributed by atoms with Gasteiger partial charge in [-0.15, -0.1) is 11.3 Å². The fourth-order valence-electron chi connectivity index (χ4n) is 5.03. The number of fused-ring (bicyclic) bond motifs is 1. The van der Waals surface area contributed by atoms with E-state index in [-0.39, 0.29) is 24.7 Å². The number of rotatable bonds is 19. The lowest BCUT2D eigenvalue weighted by Gasteiger charge is -2.29. The molecule has 1 aromatic heterocycles. The summed E-state index contributed by atoms with van der Waals surface area (Å²) in [5.41, 5.74) is 13.2. The fraction of sp³-hybridized carbons (Fsp3) is 0.636. The molecule has 0 radical (unpaired) electrons. The number of thiazole rings is 1. The number of carbonyl (C=O) groups excluding carboxylic acids is 5. The van der Waals surface area contributed by atoms with Crippen molar-refractivity contribution in [2.24, 2.45) is 23.3 Å². The highest BCUT2D eigenvalue weighted by Crippen LogP contribution is 2.27. The molecule has 0 saturated carbocycles. The smallest absolute Gasteiger partial charge is 0.243 e. The highest BCUT2D eigenvalue weighted by molar-refractivity contribution is 7.18. The molecule has 2 rings (SSSR count). The van der Waals surface area contributed by atoms with Crippen molar-refractivity contribution in [1.29, 1.82) is 0 Å². The molecule has 2 aromatic rings. The Morgan fingerprint density at radius 2 is 1.52 bits per heavy atom.